The second kappa shape index (κ2) is 5.66. The molecule has 1 fully saturated rings. The number of nitrogens with zero attached hydrogens (tertiary/aromatic N) is 3. The van der Waals surface area contributed by atoms with Crippen LogP contribution in [0.4, 0.5) is 4.39 Å². The first-order valence-electron chi connectivity index (χ1n) is 8.38. The van der Waals surface area contributed by atoms with Crippen LogP contribution in [0.2, 0.25) is 0 Å². The van der Waals surface area contributed by atoms with Crippen molar-refractivity contribution in [3.05, 3.63) is 47.9 Å². The molecule has 5 rings (SSSR count). The Hall–Kier alpha value is -3.22. The van der Waals surface area contributed by atoms with Gasteiger partial charge in [-0.05, 0) is 54.7 Å². The smallest absolute Gasteiger partial charge is 0.276 e. The number of nitrogens with one attached hydrogen (secondary N) is 1. The highest BCUT2D eigenvalue weighted by Crippen LogP contribution is 2.40. The fourth-order valence-corrected chi connectivity index (χ4v) is 3.13. The van der Waals surface area contributed by atoms with Crippen molar-refractivity contribution in [3.8, 4) is 28.9 Å². The molecular weight excluding hydrogens is 335 g/mol. The van der Waals surface area contributed by atoms with Gasteiger partial charge in [0.25, 0.3) is 5.89 Å². The zero-order chi connectivity index (χ0) is 17.7. The van der Waals surface area contributed by atoms with Gasteiger partial charge >= 0.3 is 0 Å². The Morgan fingerprint density at radius 2 is 2.12 bits per heavy atom. The van der Waals surface area contributed by atoms with Crippen LogP contribution in [-0.4, -0.2) is 27.2 Å². The van der Waals surface area contributed by atoms with Crippen molar-refractivity contribution >= 4 is 10.9 Å². The van der Waals surface area contributed by atoms with Gasteiger partial charge in [0.2, 0.25) is 5.82 Å². The summed E-state index contributed by atoms with van der Waals surface area (Å²) >= 11 is 0. The summed E-state index contributed by atoms with van der Waals surface area (Å²) in [5.41, 5.74) is 2.79. The lowest BCUT2D eigenvalue weighted by Crippen LogP contribution is -1.87. The average molecular weight is 350 g/mol. The summed E-state index contributed by atoms with van der Waals surface area (Å²) in [5.74, 6) is 1.51. The van der Waals surface area contributed by atoms with Crippen LogP contribution in [0.1, 0.15) is 24.3 Å². The molecule has 0 bridgehead atoms. The third-order valence-electron chi connectivity index (χ3n) is 4.64. The maximum Gasteiger partial charge on any atom is 0.276 e. The number of hydrogen-bond acceptors (Lipinski definition) is 5. The maximum absolute atomic E-state index is 14.1. The Morgan fingerprint density at radius 3 is 2.92 bits per heavy atom. The predicted octanol–water partition coefficient (Wildman–Crippen LogP) is 4.31. The average Bonchev–Trinajstić information content (AvgIpc) is 3.22. The number of pyridine rings is 1. The lowest BCUT2D eigenvalue weighted by Gasteiger charge is -2.00. The predicted molar refractivity (Wildman–Crippen MR) is 93.3 cm³/mol. The van der Waals surface area contributed by atoms with E-state index >= 15 is 0 Å². The van der Waals surface area contributed by atoms with Crippen LogP contribution in [0.25, 0.3) is 34.0 Å². The van der Waals surface area contributed by atoms with Gasteiger partial charge < -0.3 is 14.2 Å². The van der Waals surface area contributed by atoms with Gasteiger partial charge in [0.1, 0.15) is 17.3 Å². The van der Waals surface area contributed by atoms with Gasteiger partial charge in [-0.2, -0.15) is 4.98 Å². The molecule has 6 nitrogen and oxygen atoms in total. The summed E-state index contributed by atoms with van der Waals surface area (Å²) < 4.78 is 24.7. The van der Waals surface area contributed by atoms with E-state index in [-0.39, 0.29) is 5.82 Å². The van der Waals surface area contributed by atoms with Crippen LogP contribution in [-0.2, 0) is 0 Å². The fourth-order valence-electron chi connectivity index (χ4n) is 3.13. The Kier molecular flexibility index (Phi) is 3.28. The van der Waals surface area contributed by atoms with Crippen molar-refractivity contribution in [2.24, 2.45) is 0 Å². The molecule has 0 spiro atoms. The number of benzene rings is 1. The molecule has 1 N–H and O–H groups in total. The number of methoxy groups -OCH3 is 1. The van der Waals surface area contributed by atoms with Crippen molar-refractivity contribution in [1.29, 1.82) is 0 Å². The number of ether oxygens (including phenoxy) is 1. The molecule has 130 valence electrons. The summed E-state index contributed by atoms with van der Waals surface area (Å²) in [5, 5.41) is 4.64. The maximum atomic E-state index is 14.1. The first-order chi connectivity index (χ1) is 12.7. The highest BCUT2D eigenvalue weighted by Gasteiger charge is 2.24. The molecule has 1 aliphatic rings. The molecule has 0 atom stereocenters. The van der Waals surface area contributed by atoms with E-state index in [1.165, 1.54) is 24.5 Å². The normalized spacial score (nSPS) is 14.1. The van der Waals surface area contributed by atoms with Gasteiger partial charge in [-0.25, -0.2) is 4.39 Å². The lowest BCUT2D eigenvalue weighted by molar-refractivity contribution is 0.419. The van der Waals surface area contributed by atoms with Crippen molar-refractivity contribution in [1.82, 2.24) is 20.1 Å². The minimum Gasteiger partial charge on any atom is -0.496 e. The summed E-state index contributed by atoms with van der Waals surface area (Å²) in [6, 6.07) is 8.70. The number of rotatable bonds is 4. The molecule has 0 saturated heterocycles. The minimum absolute atomic E-state index is 0.341. The minimum atomic E-state index is -0.366. The van der Waals surface area contributed by atoms with Gasteiger partial charge in [-0.15, -0.1) is 0 Å². The molecule has 1 saturated carbocycles. The van der Waals surface area contributed by atoms with Gasteiger partial charge in [-0.3, -0.25) is 4.98 Å². The van der Waals surface area contributed by atoms with E-state index in [2.05, 4.69) is 20.1 Å². The zero-order valence-corrected chi connectivity index (χ0v) is 14.0. The lowest BCUT2D eigenvalue weighted by atomic mass is 10.1. The van der Waals surface area contributed by atoms with E-state index < -0.39 is 0 Å². The van der Waals surface area contributed by atoms with Crippen LogP contribution < -0.4 is 4.74 Å². The van der Waals surface area contributed by atoms with Crippen LogP contribution in [0.15, 0.2) is 41.1 Å². The molecule has 1 aliphatic carbocycles. The van der Waals surface area contributed by atoms with Crippen LogP contribution >= 0.6 is 0 Å². The summed E-state index contributed by atoms with van der Waals surface area (Å²) in [6.07, 6.45) is 4.18. The number of halogens is 1. The standard InChI is InChI=1S/C19H15FN4O2/c1-25-16-5-4-13(20)17-12(16)9-14(22-17)18-23-19(26-24-18)15-8-11(6-7-21-15)10-2-3-10/h4-10,22H,2-3H2,1H3. The molecule has 26 heavy (non-hydrogen) atoms. The number of aromatic nitrogens is 4. The number of hydrogen-bond donors (Lipinski definition) is 1. The highest BCUT2D eigenvalue weighted by atomic mass is 19.1. The van der Waals surface area contributed by atoms with Gasteiger partial charge in [0.15, 0.2) is 0 Å². The van der Waals surface area contributed by atoms with Crippen molar-refractivity contribution in [2.75, 3.05) is 7.11 Å². The summed E-state index contributed by atoms with van der Waals surface area (Å²) in [7, 11) is 1.55. The molecule has 0 radical (unpaired) electrons. The molecule has 7 heteroatoms. The van der Waals surface area contributed by atoms with Crippen LogP contribution in [0.3, 0.4) is 0 Å². The molecule has 0 unspecified atom stereocenters. The quantitative estimate of drug-likeness (QED) is 0.594. The molecule has 4 aromatic rings. The third-order valence-corrected chi connectivity index (χ3v) is 4.64. The molecular formula is C19H15FN4O2. The zero-order valence-electron chi connectivity index (χ0n) is 14.0. The monoisotopic (exact) mass is 350 g/mol. The fraction of sp³-hybridized carbons (Fsp3) is 0.211. The van der Waals surface area contributed by atoms with E-state index in [0.29, 0.717) is 45.7 Å². The van der Waals surface area contributed by atoms with Crippen molar-refractivity contribution < 1.29 is 13.7 Å². The molecule has 0 aliphatic heterocycles. The first kappa shape index (κ1) is 15.1. The number of fused-ring (bicyclic) bond motifs is 1. The number of H-pyrrole nitrogens is 1. The van der Waals surface area contributed by atoms with Gasteiger partial charge in [-0.1, -0.05) is 5.16 Å². The van der Waals surface area contributed by atoms with E-state index in [1.807, 2.05) is 12.1 Å². The van der Waals surface area contributed by atoms with Gasteiger partial charge in [0.05, 0.1) is 18.3 Å². The molecule has 0 amide bonds. The Morgan fingerprint density at radius 1 is 1.23 bits per heavy atom. The summed E-state index contributed by atoms with van der Waals surface area (Å²) in [6.45, 7) is 0. The second-order valence-electron chi connectivity index (χ2n) is 6.39. The largest absolute Gasteiger partial charge is 0.496 e. The molecule has 1 aromatic carbocycles. The Bertz CT molecular complexity index is 1110. The summed E-state index contributed by atoms with van der Waals surface area (Å²) in [4.78, 5) is 11.7. The van der Waals surface area contributed by atoms with E-state index in [0.717, 1.165) is 0 Å². The molecule has 3 heterocycles. The second-order valence-corrected chi connectivity index (χ2v) is 6.39. The van der Waals surface area contributed by atoms with Crippen LogP contribution in [0, 0.1) is 5.82 Å². The van der Waals surface area contributed by atoms with E-state index in [9.17, 15) is 4.39 Å². The van der Waals surface area contributed by atoms with Crippen molar-refractivity contribution in [2.45, 2.75) is 18.8 Å². The molecule has 3 aromatic heterocycles. The highest BCUT2D eigenvalue weighted by molar-refractivity contribution is 5.90. The van der Waals surface area contributed by atoms with Crippen LogP contribution in [0.5, 0.6) is 5.75 Å². The van der Waals surface area contributed by atoms with E-state index in [1.54, 1.807) is 25.4 Å². The Balaban J connectivity index is 1.55. The third kappa shape index (κ3) is 2.44. The van der Waals surface area contributed by atoms with Crippen molar-refractivity contribution in [3.63, 3.8) is 0 Å². The van der Waals surface area contributed by atoms with E-state index in [4.69, 9.17) is 9.26 Å². The topological polar surface area (TPSA) is 76.8 Å². The number of aromatic amines is 1. The Labute approximate surface area is 148 Å². The SMILES string of the molecule is COc1ccc(F)c2[nH]c(-c3noc(-c4cc(C5CC5)ccn4)n3)cc12. The van der Waals surface area contributed by atoms with Gasteiger partial charge in [0, 0.05) is 11.6 Å². The first-order valence-corrected chi connectivity index (χ1v) is 8.38.